The lowest BCUT2D eigenvalue weighted by atomic mass is 10.0. The number of methoxy groups -OCH3 is 1. The number of rotatable bonds is 7. The number of benzene rings is 3. The van der Waals surface area contributed by atoms with E-state index in [1.165, 1.54) is 23.8 Å². The topological polar surface area (TPSA) is 103 Å². The lowest BCUT2D eigenvalue weighted by molar-refractivity contribution is -0.142. The number of anilines is 1. The van der Waals surface area contributed by atoms with Crippen LogP contribution in [0.3, 0.4) is 0 Å². The highest BCUT2D eigenvalue weighted by molar-refractivity contribution is 6.39. The normalized spacial score (nSPS) is 11.4. The molecule has 0 bridgehead atoms. The summed E-state index contributed by atoms with van der Waals surface area (Å²) in [5.41, 5.74) is 1.49. The standard InChI is InChI=1S/C28H26Cl2N4O5.ClH/c1-32(2)18-12-13-23-19(15-18)26(36)34(28(38)33(23)3)17-10-8-16(9-11-17)14-22(27(37)39-4)31-25(35)24-20(29)6-5-7-21(24)30;/h5-13,15,22H,14H2,1-4H3,(H,31,35);1H/t22-;/m0./s1. The van der Waals surface area contributed by atoms with E-state index in [4.69, 9.17) is 27.9 Å². The van der Waals surface area contributed by atoms with E-state index in [9.17, 15) is 19.2 Å². The second-order valence-corrected chi connectivity index (χ2v) is 9.91. The summed E-state index contributed by atoms with van der Waals surface area (Å²) in [5.74, 6) is -1.28. The molecule has 0 spiro atoms. The Hall–Kier alpha value is -3.79. The zero-order valence-electron chi connectivity index (χ0n) is 22.1. The van der Waals surface area contributed by atoms with Crippen molar-refractivity contribution in [2.75, 3.05) is 26.1 Å². The van der Waals surface area contributed by atoms with E-state index in [1.54, 1.807) is 49.5 Å². The molecule has 1 heterocycles. The van der Waals surface area contributed by atoms with Gasteiger partial charge in [-0.25, -0.2) is 14.2 Å². The molecule has 210 valence electrons. The zero-order valence-corrected chi connectivity index (χ0v) is 24.4. The fourth-order valence-corrected chi connectivity index (χ4v) is 4.82. The smallest absolute Gasteiger partial charge is 0.335 e. The van der Waals surface area contributed by atoms with Gasteiger partial charge in [0.1, 0.15) is 6.04 Å². The SMILES string of the molecule is COC(=O)[C@H](Cc1ccc(-n2c(=O)c3cc(N(C)C)ccc3n(C)c2=O)cc1)NC(=O)c1c(Cl)cccc1Cl.Cl. The summed E-state index contributed by atoms with van der Waals surface area (Å²) in [6, 6.07) is 15.5. The summed E-state index contributed by atoms with van der Waals surface area (Å²) in [6.07, 6.45) is 0.0809. The number of fused-ring (bicyclic) bond motifs is 1. The van der Waals surface area contributed by atoms with Crippen molar-refractivity contribution < 1.29 is 14.3 Å². The minimum absolute atomic E-state index is 0. The van der Waals surface area contributed by atoms with Crippen LogP contribution in [0.1, 0.15) is 15.9 Å². The van der Waals surface area contributed by atoms with Gasteiger partial charge in [-0.05, 0) is 48.0 Å². The van der Waals surface area contributed by atoms with Crippen LogP contribution in [0.15, 0.2) is 70.3 Å². The Labute approximate surface area is 246 Å². The van der Waals surface area contributed by atoms with Crippen molar-refractivity contribution in [1.29, 1.82) is 0 Å². The van der Waals surface area contributed by atoms with Crippen molar-refractivity contribution >= 4 is 64.1 Å². The monoisotopic (exact) mass is 604 g/mol. The van der Waals surface area contributed by atoms with Crippen LogP contribution in [0.4, 0.5) is 5.69 Å². The number of ether oxygens (including phenoxy) is 1. The number of nitrogens with zero attached hydrogens (tertiary/aromatic N) is 3. The van der Waals surface area contributed by atoms with Crippen LogP contribution in [-0.4, -0.2) is 48.3 Å². The van der Waals surface area contributed by atoms with Crippen LogP contribution in [0.2, 0.25) is 10.0 Å². The second-order valence-electron chi connectivity index (χ2n) is 9.09. The number of aromatic nitrogens is 2. The zero-order chi connectivity index (χ0) is 28.4. The Morgan fingerprint density at radius 3 is 2.20 bits per heavy atom. The van der Waals surface area contributed by atoms with Gasteiger partial charge in [-0.15, -0.1) is 12.4 Å². The number of aryl methyl sites for hydroxylation is 1. The maximum Gasteiger partial charge on any atom is 0.335 e. The van der Waals surface area contributed by atoms with Crippen LogP contribution in [0.25, 0.3) is 16.6 Å². The molecule has 1 aromatic heterocycles. The Morgan fingerprint density at radius 2 is 1.62 bits per heavy atom. The van der Waals surface area contributed by atoms with Gasteiger partial charge in [-0.1, -0.05) is 41.4 Å². The molecule has 0 aliphatic rings. The number of carbonyl (C=O) groups is 2. The molecular formula is C28H27Cl3N4O5. The first-order valence-electron chi connectivity index (χ1n) is 11.9. The minimum Gasteiger partial charge on any atom is -0.467 e. The molecule has 0 fully saturated rings. The molecule has 1 N–H and O–H groups in total. The van der Waals surface area contributed by atoms with Crippen molar-refractivity contribution in [3.63, 3.8) is 0 Å². The van der Waals surface area contributed by atoms with E-state index < -0.39 is 29.2 Å². The van der Waals surface area contributed by atoms with E-state index in [2.05, 4.69) is 5.32 Å². The van der Waals surface area contributed by atoms with Crippen molar-refractivity contribution in [2.24, 2.45) is 7.05 Å². The molecule has 12 heteroatoms. The van der Waals surface area contributed by atoms with Gasteiger partial charge in [0.25, 0.3) is 11.5 Å². The predicted molar refractivity (Wildman–Crippen MR) is 160 cm³/mol. The fraction of sp³-hybridized carbons (Fsp3) is 0.214. The number of esters is 1. The van der Waals surface area contributed by atoms with Gasteiger partial charge < -0.3 is 15.0 Å². The fourth-order valence-electron chi connectivity index (χ4n) is 4.25. The highest BCUT2D eigenvalue weighted by Gasteiger charge is 2.25. The summed E-state index contributed by atoms with van der Waals surface area (Å²) < 4.78 is 7.40. The average Bonchev–Trinajstić information content (AvgIpc) is 2.91. The van der Waals surface area contributed by atoms with Crippen LogP contribution < -0.4 is 21.5 Å². The van der Waals surface area contributed by atoms with Gasteiger partial charge in [0.15, 0.2) is 0 Å². The molecule has 3 aromatic carbocycles. The van der Waals surface area contributed by atoms with Crippen molar-refractivity contribution in [3.05, 3.63) is 103 Å². The van der Waals surface area contributed by atoms with Crippen LogP contribution in [-0.2, 0) is 23.0 Å². The van der Waals surface area contributed by atoms with Crippen molar-refractivity contribution in [1.82, 2.24) is 14.5 Å². The number of halogens is 3. The van der Waals surface area contributed by atoms with Crippen LogP contribution in [0.5, 0.6) is 0 Å². The number of hydrogen-bond acceptors (Lipinski definition) is 6. The summed E-state index contributed by atoms with van der Waals surface area (Å²) in [4.78, 5) is 53.7. The van der Waals surface area contributed by atoms with Crippen molar-refractivity contribution in [3.8, 4) is 5.69 Å². The Balaban J connectivity index is 0.00000441. The summed E-state index contributed by atoms with van der Waals surface area (Å²) in [6.45, 7) is 0. The third-order valence-corrected chi connectivity index (χ3v) is 7.01. The van der Waals surface area contributed by atoms with Crippen LogP contribution >= 0.6 is 35.6 Å². The second kappa shape index (κ2) is 12.6. The molecule has 0 unspecified atom stereocenters. The van der Waals surface area contributed by atoms with Gasteiger partial charge in [-0.3, -0.25) is 14.2 Å². The lowest BCUT2D eigenvalue weighted by Crippen LogP contribution is -2.43. The van der Waals surface area contributed by atoms with Gasteiger partial charge in [-0.2, -0.15) is 0 Å². The Morgan fingerprint density at radius 1 is 1.00 bits per heavy atom. The van der Waals surface area contributed by atoms with Gasteiger partial charge in [0.05, 0.1) is 39.3 Å². The predicted octanol–water partition coefficient (Wildman–Crippen LogP) is 4.00. The quantitative estimate of drug-likeness (QED) is 0.320. The molecule has 1 amide bonds. The third kappa shape index (κ3) is 6.01. The third-order valence-electron chi connectivity index (χ3n) is 6.38. The molecule has 0 aliphatic carbocycles. The van der Waals surface area contributed by atoms with Crippen molar-refractivity contribution in [2.45, 2.75) is 12.5 Å². The Bertz CT molecular complexity index is 1680. The molecule has 9 nitrogen and oxygen atoms in total. The average molecular weight is 606 g/mol. The molecule has 0 saturated carbocycles. The highest BCUT2D eigenvalue weighted by atomic mass is 35.5. The summed E-state index contributed by atoms with van der Waals surface area (Å²) in [5, 5.41) is 3.32. The van der Waals surface area contributed by atoms with Gasteiger partial charge >= 0.3 is 11.7 Å². The van der Waals surface area contributed by atoms with E-state index >= 15 is 0 Å². The number of amides is 1. The molecular weight excluding hydrogens is 579 g/mol. The van der Waals surface area contributed by atoms with Gasteiger partial charge in [0, 0.05) is 33.3 Å². The molecule has 0 aliphatic heterocycles. The number of carbonyl (C=O) groups excluding carboxylic acids is 2. The minimum atomic E-state index is -1.04. The van der Waals surface area contributed by atoms with Crippen LogP contribution in [0, 0.1) is 0 Å². The highest BCUT2D eigenvalue weighted by Crippen LogP contribution is 2.24. The van der Waals surface area contributed by atoms with E-state index in [-0.39, 0.29) is 34.4 Å². The van der Waals surface area contributed by atoms with Gasteiger partial charge in [0.2, 0.25) is 0 Å². The lowest BCUT2D eigenvalue weighted by Gasteiger charge is -2.18. The largest absolute Gasteiger partial charge is 0.467 e. The van der Waals surface area contributed by atoms with E-state index in [0.29, 0.717) is 22.2 Å². The van der Waals surface area contributed by atoms with E-state index in [0.717, 1.165) is 10.3 Å². The number of nitrogens with one attached hydrogen (secondary N) is 1. The van der Waals surface area contributed by atoms with E-state index in [1.807, 2.05) is 25.1 Å². The Kier molecular flexibility index (Phi) is 9.68. The first kappa shape index (κ1) is 30.7. The number of hydrogen-bond donors (Lipinski definition) is 1. The maximum atomic E-state index is 13.4. The first-order valence-corrected chi connectivity index (χ1v) is 12.6. The first-order chi connectivity index (χ1) is 18.5. The molecule has 40 heavy (non-hydrogen) atoms. The molecule has 0 saturated heterocycles. The molecule has 4 aromatic rings. The maximum absolute atomic E-state index is 13.4. The summed E-state index contributed by atoms with van der Waals surface area (Å²) >= 11 is 12.3. The molecule has 1 atom stereocenters. The molecule has 0 radical (unpaired) electrons. The molecule has 4 rings (SSSR count). The summed E-state index contributed by atoms with van der Waals surface area (Å²) in [7, 11) is 6.57.